The van der Waals surface area contributed by atoms with Crippen LogP contribution in [0.25, 0.3) is 5.65 Å². The van der Waals surface area contributed by atoms with Crippen molar-refractivity contribution in [2.24, 2.45) is 0 Å². The van der Waals surface area contributed by atoms with E-state index in [9.17, 15) is 0 Å². The van der Waals surface area contributed by atoms with Crippen LogP contribution < -0.4 is 5.32 Å². The summed E-state index contributed by atoms with van der Waals surface area (Å²) in [6, 6.07) is 4.50. The number of aromatic nitrogens is 3. The Morgan fingerprint density at radius 2 is 1.96 bits per heavy atom. The van der Waals surface area contributed by atoms with Gasteiger partial charge in [-0.1, -0.05) is 20.8 Å². The van der Waals surface area contributed by atoms with E-state index in [1.54, 1.807) is 0 Å². The first-order valence-electron chi connectivity index (χ1n) is 9.50. The fraction of sp³-hybridized carbons (Fsp3) is 0.684. The molecule has 2 aliphatic rings. The maximum absolute atomic E-state index is 6.57. The number of hydrogen-bond acceptors (Lipinski definition) is 4. The molecule has 5 nitrogen and oxygen atoms in total. The molecular weight excluding hydrogens is 328 g/mol. The van der Waals surface area contributed by atoms with E-state index in [0.29, 0.717) is 5.92 Å². The van der Waals surface area contributed by atoms with Crippen molar-refractivity contribution in [1.29, 1.82) is 0 Å². The molecule has 1 aliphatic heterocycles. The highest BCUT2D eigenvalue weighted by atomic mass is 28.4. The number of nitrogens with zero attached hydrogens (tertiary/aromatic N) is 3. The molecule has 3 heterocycles. The summed E-state index contributed by atoms with van der Waals surface area (Å²) in [7, 11) is -1.72. The Balaban J connectivity index is 1.47. The minimum Gasteiger partial charge on any atom is -0.413 e. The Labute approximate surface area is 151 Å². The molecule has 2 fully saturated rings. The van der Waals surface area contributed by atoms with Crippen LogP contribution in [0.15, 0.2) is 18.3 Å². The van der Waals surface area contributed by atoms with Crippen molar-refractivity contribution in [3.63, 3.8) is 0 Å². The molecule has 0 spiro atoms. The van der Waals surface area contributed by atoms with Gasteiger partial charge in [-0.25, -0.2) is 9.50 Å². The maximum Gasteiger partial charge on any atom is 0.192 e. The van der Waals surface area contributed by atoms with Crippen LogP contribution >= 0.6 is 0 Å². The first-order chi connectivity index (χ1) is 11.7. The molecule has 1 saturated heterocycles. The number of nitrogens with one attached hydrogen (secondary N) is 1. The normalized spacial score (nSPS) is 25.0. The standard InChI is InChI=1S/C19H30N4OSi/c1-19(2,3)25(4,5)24-14-10-16(20-11-14)17-12-23-18(21-17)9-8-15(22-23)13-6-7-13/h8-9,12-14,16,20H,6-7,10-11H2,1-5H3/t14-,16+/m0/s1. The first kappa shape index (κ1) is 17.2. The van der Waals surface area contributed by atoms with E-state index in [2.05, 4.69) is 57.5 Å². The summed E-state index contributed by atoms with van der Waals surface area (Å²) < 4.78 is 8.53. The van der Waals surface area contributed by atoms with Crippen molar-refractivity contribution in [3.05, 3.63) is 29.7 Å². The van der Waals surface area contributed by atoms with Crippen molar-refractivity contribution in [1.82, 2.24) is 19.9 Å². The lowest BCUT2D eigenvalue weighted by Crippen LogP contribution is -2.44. The molecule has 0 aromatic carbocycles. The Bertz CT molecular complexity index is 775. The highest BCUT2D eigenvalue weighted by molar-refractivity contribution is 6.74. The van der Waals surface area contributed by atoms with Crippen LogP contribution in [0.5, 0.6) is 0 Å². The molecule has 25 heavy (non-hydrogen) atoms. The zero-order chi connectivity index (χ0) is 17.8. The van der Waals surface area contributed by atoms with Gasteiger partial charge in [0.25, 0.3) is 0 Å². The van der Waals surface area contributed by atoms with E-state index >= 15 is 0 Å². The van der Waals surface area contributed by atoms with Crippen molar-refractivity contribution >= 4 is 14.0 Å². The molecule has 1 saturated carbocycles. The molecule has 0 amide bonds. The lowest BCUT2D eigenvalue weighted by molar-refractivity contribution is 0.197. The molecule has 6 heteroatoms. The van der Waals surface area contributed by atoms with Crippen LogP contribution in [-0.4, -0.2) is 35.6 Å². The third kappa shape index (κ3) is 3.39. The number of hydrogen-bond donors (Lipinski definition) is 1. The maximum atomic E-state index is 6.57. The Morgan fingerprint density at radius 1 is 1.20 bits per heavy atom. The Kier molecular flexibility index (Phi) is 4.05. The lowest BCUT2D eigenvalue weighted by Gasteiger charge is -2.38. The fourth-order valence-electron chi connectivity index (χ4n) is 3.29. The van der Waals surface area contributed by atoms with Gasteiger partial charge < -0.3 is 9.74 Å². The van der Waals surface area contributed by atoms with Crippen LogP contribution in [0, 0.1) is 0 Å². The van der Waals surface area contributed by atoms with Gasteiger partial charge in [0.05, 0.1) is 29.7 Å². The van der Waals surface area contributed by atoms with Gasteiger partial charge in [0, 0.05) is 12.5 Å². The third-order valence-corrected chi connectivity index (χ3v) is 10.6. The van der Waals surface area contributed by atoms with Crippen molar-refractivity contribution in [2.75, 3.05) is 6.54 Å². The van der Waals surface area contributed by atoms with Crippen LogP contribution in [0.4, 0.5) is 0 Å². The Morgan fingerprint density at radius 3 is 2.64 bits per heavy atom. The quantitative estimate of drug-likeness (QED) is 0.838. The van der Waals surface area contributed by atoms with Gasteiger partial charge in [-0.15, -0.1) is 0 Å². The monoisotopic (exact) mass is 358 g/mol. The van der Waals surface area contributed by atoms with E-state index in [1.165, 1.54) is 18.5 Å². The minimum atomic E-state index is -1.72. The van der Waals surface area contributed by atoms with Gasteiger partial charge in [0.2, 0.25) is 0 Å². The smallest absolute Gasteiger partial charge is 0.192 e. The van der Waals surface area contributed by atoms with E-state index in [0.717, 1.165) is 24.3 Å². The second-order valence-electron chi connectivity index (χ2n) is 9.20. The van der Waals surface area contributed by atoms with Crippen LogP contribution in [-0.2, 0) is 4.43 Å². The van der Waals surface area contributed by atoms with Gasteiger partial charge >= 0.3 is 0 Å². The SMILES string of the molecule is CC(C)(C)[Si](C)(C)O[C@@H]1CN[C@@H](c2cn3nc(C4CC4)ccc3n2)C1. The summed E-state index contributed by atoms with van der Waals surface area (Å²) in [6.45, 7) is 12.5. The molecule has 136 valence electrons. The lowest BCUT2D eigenvalue weighted by atomic mass is 10.1. The molecule has 0 radical (unpaired) electrons. The van der Waals surface area contributed by atoms with Crippen molar-refractivity contribution in [3.8, 4) is 0 Å². The molecular formula is C19H30N4OSi. The summed E-state index contributed by atoms with van der Waals surface area (Å²) in [4.78, 5) is 4.79. The molecule has 2 aromatic heterocycles. The predicted molar refractivity (Wildman–Crippen MR) is 102 cm³/mol. The highest BCUT2D eigenvalue weighted by Gasteiger charge is 2.41. The number of rotatable bonds is 4. The van der Waals surface area contributed by atoms with E-state index in [4.69, 9.17) is 14.5 Å². The largest absolute Gasteiger partial charge is 0.413 e. The summed E-state index contributed by atoms with van der Waals surface area (Å²) in [5.74, 6) is 0.669. The zero-order valence-electron chi connectivity index (χ0n) is 16.0. The first-order valence-corrected chi connectivity index (χ1v) is 12.4. The number of imidazole rings is 1. The van der Waals surface area contributed by atoms with Crippen LogP contribution in [0.2, 0.25) is 18.1 Å². The summed E-state index contributed by atoms with van der Waals surface area (Å²) in [5, 5.41) is 8.59. The van der Waals surface area contributed by atoms with Gasteiger partial charge in [-0.2, -0.15) is 5.10 Å². The van der Waals surface area contributed by atoms with Crippen molar-refractivity contribution in [2.45, 2.75) is 76.2 Å². The second-order valence-corrected chi connectivity index (χ2v) is 14.0. The van der Waals surface area contributed by atoms with Gasteiger partial charge in [0.1, 0.15) is 0 Å². The fourth-order valence-corrected chi connectivity index (χ4v) is 4.66. The van der Waals surface area contributed by atoms with Gasteiger partial charge in [0.15, 0.2) is 14.0 Å². The molecule has 4 rings (SSSR count). The average molecular weight is 359 g/mol. The van der Waals surface area contributed by atoms with Crippen molar-refractivity contribution < 1.29 is 4.43 Å². The second kappa shape index (κ2) is 5.89. The van der Waals surface area contributed by atoms with E-state index in [1.807, 2.05) is 4.52 Å². The topological polar surface area (TPSA) is 51.5 Å². The third-order valence-electron chi connectivity index (χ3n) is 6.07. The molecule has 2 aromatic rings. The summed E-state index contributed by atoms with van der Waals surface area (Å²) in [6.07, 6.45) is 5.91. The highest BCUT2D eigenvalue weighted by Crippen LogP contribution is 2.40. The van der Waals surface area contributed by atoms with Crippen LogP contribution in [0.3, 0.4) is 0 Å². The molecule has 1 aliphatic carbocycles. The van der Waals surface area contributed by atoms with Gasteiger partial charge in [-0.3, -0.25) is 0 Å². The predicted octanol–water partition coefficient (Wildman–Crippen LogP) is 4.03. The molecule has 2 atom stereocenters. The van der Waals surface area contributed by atoms with E-state index < -0.39 is 8.32 Å². The average Bonchev–Trinajstić information content (AvgIpc) is 3.12. The summed E-state index contributed by atoms with van der Waals surface area (Å²) in [5.41, 5.74) is 3.23. The van der Waals surface area contributed by atoms with Crippen LogP contribution in [0.1, 0.15) is 63.4 Å². The summed E-state index contributed by atoms with van der Waals surface area (Å²) >= 11 is 0. The minimum absolute atomic E-state index is 0.247. The Hall–Kier alpha value is -1.24. The van der Waals surface area contributed by atoms with E-state index in [-0.39, 0.29) is 17.2 Å². The van der Waals surface area contributed by atoms with Gasteiger partial charge in [-0.05, 0) is 49.5 Å². The zero-order valence-corrected chi connectivity index (χ0v) is 17.0. The molecule has 0 bridgehead atoms. The molecule has 1 N–H and O–H groups in total. The molecule has 0 unspecified atom stereocenters. The number of fused-ring (bicyclic) bond motifs is 1.